The van der Waals surface area contributed by atoms with Gasteiger partial charge in [-0.05, 0) is 37.1 Å². The number of fused-ring (bicyclic) bond motifs is 3. The molecular weight excluding hydrogens is 200 g/mol. The van der Waals surface area contributed by atoms with Gasteiger partial charge in [0.1, 0.15) is 0 Å². The lowest BCUT2D eigenvalue weighted by Gasteiger charge is -2.21. The van der Waals surface area contributed by atoms with Crippen LogP contribution in [-0.4, -0.2) is 18.6 Å². The van der Waals surface area contributed by atoms with E-state index in [1.807, 2.05) is 0 Å². The largest absolute Gasteiger partial charge is 0.501 e. The lowest BCUT2D eigenvalue weighted by Crippen LogP contribution is -2.27. The van der Waals surface area contributed by atoms with Gasteiger partial charge >= 0.3 is 0 Å². The van der Waals surface area contributed by atoms with Crippen LogP contribution in [0.25, 0.3) is 0 Å². The van der Waals surface area contributed by atoms with Crippen molar-refractivity contribution in [1.82, 2.24) is 10.3 Å². The fourth-order valence-corrected chi connectivity index (χ4v) is 2.83. The molecule has 0 bridgehead atoms. The molecule has 3 rings (SSSR count). The van der Waals surface area contributed by atoms with E-state index < -0.39 is 0 Å². The third-order valence-corrected chi connectivity index (χ3v) is 3.74. The van der Waals surface area contributed by atoms with Crippen LogP contribution in [0.1, 0.15) is 35.5 Å². The average Bonchev–Trinajstić information content (AvgIpc) is 2.68. The fraction of sp³-hybridized carbons (Fsp3) is 0.538. The van der Waals surface area contributed by atoms with Crippen LogP contribution in [0.5, 0.6) is 0 Å². The summed E-state index contributed by atoms with van der Waals surface area (Å²) in [5, 5.41) is 3.49. The molecule has 3 heteroatoms. The molecule has 3 nitrogen and oxygen atoms in total. The van der Waals surface area contributed by atoms with Crippen molar-refractivity contribution in [3.63, 3.8) is 0 Å². The smallest absolute Gasteiger partial charge is 0.0964 e. The van der Waals surface area contributed by atoms with Crippen LogP contribution in [0.2, 0.25) is 0 Å². The number of hydrogen-bond acceptors (Lipinski definition) is 2. The third kappa shape index (κ3) is 1.39. The van der Waals surface area contributed by atoms with Crippen LogP contribution < -0.4 is 5.32 Å². The zero-order valence-corrected chi connectivity index (χ0v) is 9.89. The zero-order valence-electron chi connectivity index (χ0n) is 9.89. The second-order valence-corrected chi connectivity index (χ2v) is 4.66. The van der Waals surface area contributed by atoms with Gasteiger partial charge in [-0.3, -0.25) is 0 Å². The molecular formula is C13H18N2O. The number of aromatic nitrogens is 1. The molecule has 1 aromatic heterocycles. The second kappa shape index (κ2) is 3.67. The van der Waals surface area contributed by atoms with E-state index in [9.17, 15) is 0 Å². The van der Waals surface area contributed by atoms with Gasteiger partial charge in [-0.2, -0.15) is 0 Å². The van der Waals surface area contributed by atoms with E-state index in [1.165, 1.54) is 22.5 Å². The van der Waals surface area contributed by atoms with Gasteiger partial charge in [-0.15, -0.1) is 0 Å². The Morgan fingerprint density at radius 2 is 2.25 bits per heavy atom. The molecule has 0 saturated carbocycles. The molecule has 1 atom stereocenters. The van der Waals surface area contributed by atoms with Crippen molar-refractivity contribution in [3.05, 3.63) is 34.3 Å². The van der Waals surface area contributed by atoms with Crippen molar-refractivity contribution >= 4 is 0 Å². The van der Waals surface area contributed by atoms with Crippen molar-refractivity contribution < 1.29 is 4.74 Å². The molecule has 2 N–H and O–H groups in total. The standard InChI is InChI=1S/C13H18N2O/c1-8-13-10(5-6-14-8)11-7-9(16-2)3-4-12(11)15-13/h3,8,14-15H,4-7H2,1-2H3/t8-/m1/s1. The van der Waals surface area contributed by atoms with E-state index in [4.69, 9.17) is 4.74 Å². The summed E-state index contributed by atoms with van der Waals surface area (Å²) in [5.41, 5.74) is 5.80. The lowest BCUT2D eigenvalue weighted by molar-refractivity contribution is 0.279. The molecule has 0 spiro atoms. The minimum Gasteiger partial charge on any atom is -0.501 e. The van der Waals surface area contributed by atoms with E-state index in [0.29, 0.717) is 6.04 Å². The SMILES string of the molecule is COC1=CCc2[nH]c3c(c2C1)CCN[C@@H]3C. The van der Waals surface area contributed by atoms with Crippen LogP contribution in [0.15, 0.2) is 11.8 Å². The lowest BCUT2D eigenvalue weighted by atomic mass is 9.93. The Hall–Kier alpha value is -1.22. The average molecular weight is 218 g/mol. The topological polar surface area (TPSA) is 37.0 Å². The first-order chi connectivity index (χ1) is 7.79. The quantitative estimate of drug-likeness (QED) is 0.755. The van der Waals surface area contributed by atoms with Gasteiger partial charge in [0.2, 0.25) is 0 Å². The maximum Gasteiger partial charge on any atom is 0.0964 e. The molecule has 1 aromatic rings. The van der Waals surface area contributed by atoms with Crippen molar-refractivity contribution in [2.45, 2.75) is 32.2 Å². The summed E-state index contributed by atoms with van der Waals surface area (Å²) in [6.07, 6.45) is 5.27. The van der Waals surface area contributed by atoms with Gasteiger partial charge in [0.15, 0.2) is 0 Å². The minimum atomic E-state index is 0.459. The Morgan fingerprint density at radius 1 is 1.38 bits per heavy atom. The number of aromatic amines is 1. The van der Waals surface area contributed by atoms with Gasteiger partial charge in [-0.25, -0.2) is 0 Å². The third-order valence-electron chi connectivity index (χ3n) is 3.74. The number of H-pyrrole nitrogens is 1. The van der Waals surface area contributed by atoms with Crippen molar-refractivity contribution in [3.8, 4) is 0 Å². The summed E-state index contributed by atoms with van der Waals surface area (Å²) in [4.78, 5) is 3.59. The van der Waals surface area contributed by atoms with E-state index >= 15 is 0 Å². The maximum atomic E-state index is 5.37. The summed E-state index contributed by atoms with van der Waals surface area (Å²) in [7, 11) is 1.76. The van der Waals surface area contributed by atoms with Gasteiger partial charge < -0.3 is 15.0 Å². The highest BCUT2D eigenvalue weighted by atomic mass is 16.5. The van der Waals surface area contributed by atoms with Crippen molar-refractivity contribution in [2.24, 2.45) is 0 Å². The summed E-state index contributed by atoms with van der Waals surface area (Å²) in [6.45, 7) is 3.31. The molecule has 16 heavy (non-hydrogen) atoms. The molecule has 86 valence electrons. The first-order valence-corrected chi connectivity index (χ1v) is 5.98. The first-order valence-electron chi connectivity index (χ1n) is 5.98. The highest BCUT2D eigenvalue weighted by molar-refractivity contribution is 5.44. The first kappa shape index (κ1) is 9.97. The molecule has 1 aliphatic carbocycles. The minimum absolute atomic E-state index is 0.459. The highest BCUT2D eigenvalue weighted by Gasteiger charge is 2.25. The number of nitrogens with one attached hydrogen (secondary N) is 2. The monoisotopic (exact) mass is 218 g/mol. The number of allylic oxidation sites excluding steroid dienone is 2. The molecule has 0 radical (unpaired) electrons. The zero-order chi connectivity index (χ0) is 11.1. The molecule has 0 saturated heterocycles. The summed E-state index contributed by atoms with van der Waals surface area (Å²) >= 11 is 0. The second-order valence-electron chi connectivity index (χ2n) is 4.66. The normalized spacial score (nSPS) is 23.4. The highest BCUT2D eigenvalue weighted by Crippen LogP contribution is 2.32. The van der Waals surface area contributed by atoms with Gasteiger partial charge in [-0.1, -0.05) is 0 Å². The molecule has 0 fully saturated rings. The van der Waals surface area contributed by atoms with Gasteiger partial charge in [0.25, 0.3) is 0 Å². The molecule has 2 heterocycles. The Balaban J connectivity index is 2.02. The predicted molar refractivity (Wildman–Crippen MR) is 63.4 cm³/mol. The Morgan fingerprint density at radius 3 is 3.06 bits per heavy atom. The summed E-state index contributed by atoms with van der Waals surface area (Å²) in [5.74, 6) is 1.11. The van der Waals surface area contributed by atoms with Crippen LogP contribution in [0, 0.1) is 0 Å². The van der Waals surface area contributed by atoms with Crippen LogP contribution in [0.3, 0.4) is 0 Å². The van der Waals surface area contributed by atoms with Gasteiger partial charge in [0.05, 0.1) is 12.9 Å². The molecule has 0 unspecified atom stereocenters. The van der Waals surface area contributed by atoms with Crippen LogP contribution >= 0.6 is 0 Å². The Labute approximate surface area is 95.9 Å². The van der Waals surface area contributed by atoms with Crippen molar-refractivity contribution in [2.75, 3.05) is 13.7 Å². The van der Waals surface area contributed by atoms with E-state index in [1.54, 1.807) is 7.11 Å². The van der Waals surface area contributed by atoms with E-state index in [2.05, 4.69) is 23.3 Å². The predicted octanol–water partition coefficient (Wildman–Crippen LogP) is 1.85. The van der Waals surface area contributed by atoms with E-state index in [0.717, 1.165) is 31.6 Å². The molecule has 1 aliphatic heterocycles. The van der Waals surface area contributed by atoms with Crippen molar-refractivity contribution in [1.29, 1.82) is 0 Å². The summed E-state index contributed by atoms with van der Waals surface area (Å²) in [6, 6.07) is 0.459. The summed E-state index contributed by atoms with van der Waals surface area (Å²) < 4.78 is 5.37. The number of hydrogen-bond donors (Lipinski definition) is 2. The number of methoxy groups -OCH3 is 1. The molecule has 0 amide bonds. The Bertz CT molecular complexity index is 445. The van der Waals surface area contributed by atoms with Gasteiger partial charge in [0, 0.05) is 30.3 Å². The fourth-order valence-electron chi connectivity index (χ4n) is 2.83. The Kier molecular flexibility index (Phi) is 2.28. The maximum absolute atomic E-state index is 5.37. The van der Waals surface area contributed by atoms with Crippen LogP contribution in [-0.2, 0) is 24.0 Å². The van der Waals surface area contributed by atoms with Crippen LogP contribution in [0.4, 0.5) is 0 Å². The number of rotatable bonds is 1. The molecule has 2 aliphatic rings. The van der Waals surface area contributed by atoms with E-state index in [-0.39, 0.29) is 0 Å². The molecule has 0 aromatic carbocycles. The number of ether oxygens (including phenoxy) is 1.